The van der Waals surface area contributed by atoms with Crippen LogP contribution < -0.4 is 5.32 Å². The Morgan fingerprint density at radius 3 is 2.30 bits per heavy atom. The molecule has 0 unspecified atom stereocenters. The van der Waals surface area contributed by atoms with Gasteiger partial charge in [0.25, 0.3) is 0 Å². The Kier molecular flexibility index (Phi) is 4.04. The molecular formula is C14H16F3NO2. The molecule has 20 heavy (non-hydrogen) atoms. The predicted octanol–water partition coefficient (Wildman–Crippen LogP) is 2.14. The molecule has 1 amide bonds. The summed E-state index contributed by atoms with van der Waals surface area (Å²) in [5.41, 5.74) is -0.362. The van der Waals surface area contributed by atoms with Gasteiger partial charge in [0.05, 0.1) is 18.6 Å². The van der Waals surface area contributed by atoms with Crippen LogP contribution in [0.3, 0.4) is 0 Å². The second-order valence-electron chi connectivity index (χ2n) is 5.31. The number of amides is 1. The fourth-order valence-corrected chi connectivity index (χ4v) is 1.91. The summed E-state index contributed by atoms with van der Waals surface area (Å²) in [6.45, 7) is 0.469. The summed E-state index contributed by atoms with van der Waals surface area (Å²) in [7, 11) is 0. The van der Waals surface area contributed by atoms with Gasteiger partial charge in [-0.05, 0) is 30.5 Å². The highest BCUT2D eigenvalue weighted by Crippen LogP contribution is 2.44. The molecule has 0 atom stereocenters. The first-order chi connectivity index (χ1) is 9.35. The topological polar surface area (TPSA) is 49.3 Å². The molecule has 1 aromatic rings. The lowest BCUT2D eigenvalue weighted by atomic mass is 10.1. The van der Waals surface area contributed by atoms with Gasteiger partial charge in [-0.15, -0.1) is 0 Å². The minimum absolute atomic E-state index is 0.0413. The third-order valence-electron chi connectivity index (χ3n) is 3.60. The van der Waals surface area contributed by atoms with Crippen LogP contribution in [-0.2, 0) is 17.4 Å². The molecule has 1 aliphatic rings. The molecule has 0 aliphatic heterocycles. The van der Waals surface area contributed by atoms with Crippen molar-refractivity contribution in [3.05, 3.63) is 35.4 Å². The number of hydrogen-bond donors (Lipinski definition) is 2. The van der Waals surface area contributed by atoms with E-state index in [9.17, 15) is 18.0 Å². The zero-order chi connectivity index (χ0) is 14.8. The van der Waals surface area contributed by atoms with Crippen LogP contribution in [-0.4, -0.2) is 24.2 Å². The van der Waals surface area contributed by atoms with E-state index in [0.29, 0.717) is 12.1 Å². The molecule has 1 aromatic carbocycles. The Morgan fingerprint density at radius 2 is 1.85 bits per heavy atom. The van der Waals surface area contributed by atoms with Crippen LogP contribution in [0.1, 0.15) is 24.0 Å². The number of halogens is 3. The van der Waals surface area contributed by atoms with Gasteiger partial charge in [-0.1, -0.05) is 12.1 Å². The Morgan fingerprint density at radius 1 is 1.25 bits per heavy atom. The highest BCUT2D eigenvalue weighted by atomic mass is 19.4. The summed E-state index contributed by atoms with van der Waals surface area (Å²) in [5.74, 6) is -0.246. The molecule has 0 spiro atoms. The van der Waals surface area contributed by atoms with E-state index in [1.54, 1.807) is 0 Å². The number of rotatable bonds is 5. The summed E-state index contributed by atoms with van der Waals surface area (Å²) < 4.78 is 37.1. The predicted molar refractivity (Wildman–Crippen MR) is 66.9 cm³/mol. The molecule has 0 bridgehead atoms. The molecule has 1 saturated carbocycles. The van der Waals surface area contributed by atoms with Gasteiger partial charge in [-0.3, -0.25) is 4.79 Å². The van der Waals surface area contributed by atoms with E-state index in [0.717, 1.165) is 25.0 Å². The van der Waals surface area contributed by atoms with Crippen molar-refractivity contribution in [2.24, 2.45) is 5.41 Å². The van der Waals surface area contributed by atoms with Gasteiger partial charge >= 0.3 is 6.18 Å². The molecule has 0 saturated heterocycles. The van der Waals surface area contributed by atoms with Gasteiger partial charge < -0.3 is 10.4 Å². The Hall–Kier alpha value is -1.56. The fourth-order valence-electron chi connectivity index (χ4n) is 1.91. The third-order valence-corrected chi connectivity index (χ3v) is 3.60. The average Bonchev–Trinajstić information content (AvgIpc) is 3.17. The monoisotopic (exact) mass is 287 g/mol. The molecule has 110 valence electrons. The number of aliphatic hydroxyl groups is 1. The molecular weight excluding hydrogens is 271 g/mol. The first kappa shape index (κ1) is 14.8. The van der Waals surface area contributed by atoms with E-state index >= 15 is 0 Å². The van der Waals surface area contributed by atoms with Crippen molar-refractivity contribution >= 4 is 5.91 Å². The molecule has 2 N–H and O–H groups in total. The standard InChI is InChI=1S/C14H16F3NO2/c15-14(16,17)11-3-1-10(2-4-11)7-12(20)18-8-13(9-19)5-6-13/h1-4,19H,5-9H2,(H,18,20). The second-order valence-corrected chi connectivity index (χ2v) is 5.31. The molecule has 6 heteroatoms. The van der Waals surface area contributed by atoms with E-state index in [-0.39, 0.29) is 24.3 Å². The smallest absolute Gasteiger partial charge is 0.396 e. The zero-order valence-electron chi connectivity index (χ0n) is 10.8. The maximum atomic E-state index is 12.4. The van der Waals surface area contributed by atoms with Crippen LogP contribution >= 0.6 is 0 Å². The normalized spacial score (nSPS) is 16.8. The van der Waals surface area contributed by atoms with Gasteiger partial charge in [0.15, 0.2) is 0 Å². The van der Waals surface area contributed by atoms with E-state index in [1.165, 1.54) is 12.1 Å². The van der Waals surface area contributed by atoms with E-state index < -0.39 is 11.7 Å². The van der Waals surface area contributed by atoms with Crippen LogP contribution in [0.2, 0.25) is 0 Å². The van der Waals surface area contributed by atoms with Crippen LogP contribution in [0.4, 0.5) is 13.2 Å². The van der Waals surface area contributed by atoms with Gasteiger partial charge in [0.2, 0.25) is 5.91 Å². The maximum absolute atomic E-state index is 12.4. The number of hydrogen-bond acceptors (Lipinski definition) is 2. The highest BCUT2D eigenvalue weighted by Gasteiger charge is 2.42. The lowest BCUT2D eigenvalue weighted by Crippen LogP contribution is -2.32. The molecule has 1 aliphatic carbocycles. The van der Waals surface area contributed by atoms with Crippen molar-refractivity contribution in [2.45, 2.75) is 25.4 Å². The molecule has 0 radical (unpaired) electrons. The van der Waals surface area contributed by atoms with Gasteiger partial charge in [0, 0.05) is 12.0 Å². The Balaban J connectivity index is 1.85. The first-order valence-electron chi connectivity index (χ1n) is 6.38. The molecule has 0 heterocycles. The van der Waals surface area contributed by atoms with Crippen LogP contribution in [0.25, 0.3) is 0 Å². The summed E-state index contributed by atoms with van der Waals surface area (Å²) >= 11 is 0. The van der Waals surface area contributed by atoms with Gasteiger partial charge in [0.1, 0.15) is 0 Å². The molecule has 1 fully saturated rings. The van der Waals surface area contributed by atoms with Crippen molar-refractivity contribution < 1.29 is 23.1 Å². The van der Waals surface area contributed by atoms with E-state index in [1.807, 2.05) is 0 Å². The number of aliphatic hydroxyl groups excluding tert-OH is 1. The summed E-state index contributed by atoms with van der Waals surface area (Å²) in [6, 6.07) is 4.56. The van der Waals surface area contributed by atoms with Crippen molar-refractivity contribution in [2.75, 3.05) is 13.2 Å². The minimum atomic E-state index is -4.36. The zero-order valence-corrected chi connectivity index (χ0v) is 10.8. The van der Waals surface area contributed by atoms with Crippen molar-refractivity contribution in [3.8, 4) is 0 Å². The maximum Gasteiger partial charge on any atom is 0.416 e. The second kappa shape index (κ2) is 5.44. The highest BCUT2D eigenvalue weighted by molar-refractivity contribution is 5.78. The Labute approximate surface area is 114 Å². The first-order valence-corrected chi connectivity index (χ1v) is 6.38. The lowest BCUT2D eigenvalue weighted by molar-refractivity contribution is -0.137. The summed E-state index contributed by atoms with van der Waals surface area (Å²) in [6.07, 6.45) is -2.53. The molecule has 0 aromatic heterocycles. The molecule has 2 rings (SSSR count). The van der Waals surface area contributed by atoms with Crippen molar-refractivity contribution in [1.29, 1.82) is 0 Å². The largest absolute Gasteiger partial charge is 0.416 e. The lowest BCUT2D eigenvalue weighted by Gasteiger charge is -2.13. The van der Waals surface area contributed by atoms with Crippen molar-refractivity contribution in [3.63, 3.8) is 0 Å². The van der Waals surface area contributed by atoms with Crippen molar-refractivity contribution in [1.82, 2.24) is 5.32 Å². The quantitative estimate of drug-likeness (QED) is 0.871. The Bertz CT molecular complexity index is 478. The van der Waals surface area contributed by atoms with E-state index in [2.05, 4.69) is 5.32 Å². The minimum Gasteiger partial charge on any atom is -0.396 e. The van der Waals surface area contributed by atoms with Crippen LogP contribution in [0.5, 0.6) is 0 Å². The summed E-state index contributed by atoms with van der Waals surface area (Å²) in [4.78, 5) is 11.7. The van der Waals surface area contributed by atoms with Gasteiger partial charge in [-0.25, -0.2) is 0 Å². The number of nitrogens with one attached hydrogen (secondary N) is 1. The fraction of sp³-hybridized carbons (Fsp3) is 0.500. The molecule has 3 nitrogen and oxygen atoms in total. The number of benzene rings is 1. The van der Waals surface area contributed by atoms with Crippen LogP contribution in [0.15, 0.2) is 24.3 Å². The third kappa shape index (κ3) is 3.72. The van der Waals surface area contributed by atoms with E-state index in [4.69, 9.17) is 5.11 Å². The number of carbonyl (C=O) groups is 1. The SMILES string of the molecule is O=C(Cc1ccc(C(F)(F)F)cc1)NCC1(CO)CC1. The summed E-state index contributed by atoms with van der Waals surface area (Å²) in [5, 5.41) is 11.8. The average molecular weight is 287 g/mol. The van der Waals surface area contributed by atoms with Crippen LogP contribution in [0, 0.1) is 5.41 Å². The number of alkyl halides is 3. The number of carbonyl (C=O) groups excluding carboxylic acids is 1. The van der Waals surface area contributed by atoms with Gasteiger partial charge in [-0.2, -0.15) is 13.2 Å².